The molecule has 19 heavy (non-hydrogen) atoms. The Balaban J connectivity index is 1.89. The van der Waals surface area contributed by atoms with Gasteiger partial charge in [-0.1, -0.05) is 30.3 Å². The normalized spacial score (nSPS) is 10.2. The molecule has 2 nitrogen and oxygen atoms in total. The Morgan fingerprint density at radius 2 is 1.79 bits per heavy atom. The second-order valence-electron chi connectivity index (χ2n) is 4.58. The third-order valence-corrected chi connectivity index (χ3v) is 3.12. The van der Waals surface area contributed by atoms with E-state index in [9.17, 15) is 0 Å². The van der Waals surface area contributed by atoms with Gasteiger partial charge < -0.3 is 9.64 Å². The Kier molecular flexibility index (Phi) is 4.85. The lowest BCUT2D eigenvalue weighted by Crippen LogP contribution is -2.28. The average Bonchev–Trinajstić information content (AvgIpc) is 2.45. The Morgan fingerprint density at radius 3 is 2.47 bits per heavy atom. The predicted molar refractivity (Wildman–Crippen MR) is 81.0 cm³/mol. The molecule has 2 aromatic rings. The van der Waals surface area contributed by atoms with Gasteiger partial charge >= 0.3 is 0 Å². The van der Waals surface area contributed by atoms with Crippen LogP contribution in [0.25, 0.3) is 0 Å². The third-order valence-electron chi connectivity index (χ3n) is 3.12. The quantitative estimate of drug-likeness (QED) is 0.776. The highest BCUT2D eigenvalue weighted by atomic mass is 16.5. The number of aryl methyl sites for hydroxylation is 1. The van der Waals surface area contributed by atoms with Crippen LogP contribution in [0.5, 0.6) is 5.75 Å². The van der Waals surface area contributed by atoms with Crippen molar-refractivity contribution in [2.45, 2.75) is 13.8 Å². The fourth-order valence-corrected chi connectivity index (χ4v) is 2.08. The molecule has 2 aromatic carbocycles. The summed E-state index contributed by atoms with van der Waals surface area (Å²) in [6, 6.07) is 18.6. The molecular formula is C17H21NO. The van der Waals surface area contributed by atoms with Gasteiger partial charge in [-0.05, 0) is 43.7 Å². The predicted octanol–water partition coefficient (Wildman–Crippen LogP) is 3.90. The molecule has 0 saturated heterocycles. The average molecular weight is 255 g/mol. The van der Waals surface area contributed by atoms with Crippen molar-refractivity contribution in [2.75, 3.05) is 24.6 Å². The van der Waals surface area contributed by atoms with Gasteiger partial charge in [-0.3, -0.25) is 0 Å². The van der Waals surface area contributed by atoms with Gasteiger partial charge in [-0.2, -0.15) is 0 Å². The lowest BCUT2D eigenvalue weighted by Gasteiger charge is -2.23. The number of benzene rings is 2. The van der Waals surface area contributed by atoms with Crippen LogP contribution in [0, 0.1) is 6.92 Å². The Labute approximate surface area is 115 Å². The summed E-state index contributed by atoms with van der Waals surface area (Å²) in [5, 5.41) is 0. The van der Waals surface area contributed by atoms with E-state index in [0.29, 0.717) is 6.61 Å². The Bertz CT molecular complexity index is 496. The van der Waals surface area contributed by atoms with Gasteiger partial charge in [0.1, 0.15) is 12.4 Å². The molecule has 0 aliphatic rings. The summed E-state index contributed by atoms with van der Waals surface area (Å²) in [6.07, 6.45) is 0. The van der Waals surface area contributed by atoms with E-state index in [4.69, 9.17) is 4.74 Å². The van der Waals surface area contributed by atoms with E-state index in [1.165, 1.54) is 11.3 Å². The van der Waals surface area contributed by atoms with Crippen LogP contribution in [0.3, 0.4) is 0 Å². The first-order valence-electron chi connectivity index (χ1n) is 6.79. The van der Waals surface area contributed by atoms with Crippen molar-refractivity contribution >= 4 is 5.69 Å². The van der Waals surface area contributed by atoms with Crippen molar-refractivity contribution in [3.8, 4) is 5.75 Å². The molecule has 0 aliphatic heterocycles. The molecule has 0 radical (unpaired) electrons. The van der Waals surface area contributed by atoms with E-state index in [-0.39, 0.29) is 0 Å². The van der Waals surface area contributed by atoms with E-state index in [1.807, 2.05) is 30.3 Å². The van der Waals surface area contributed by atoms with Crippen LogP contribution in [0.2, 0.25) is 0 Å². The number of anilines is 1. The number of nitrogens with zero attached hydrogens (tertiary/aromatic N) is 1. The topological polar surface area (TPSA) is 12.5 Å². The highest BCUT2D eigenvalue weighted by Crippen LogP contribution is 2.15. The molecule has 0 heterocycles. The van der Waals surface area contributed by atoms with Crippen LogP contribution < -0.4 is 9.64 Å². The Hall–Kier alpha value is -1.96. The summed E-state index contributed by atoms with van der Waals surface area (Å²) in [5.74, 6) is 0.933. The lowest BCUT2D eigenvalue weighted by molar-refractivity contribution is 0.324. The van der Waals surface area contributed by atoms with Crippen molar-refractivity contribution in [3.63, 3.8) is 0 Å². The van der Waals surface area contributed by atoms with Crippen molar-refractivity contribution in [2.24, 2.45) is 0 Å². The number of ether oxygens (including phenoxy) is 1. The molecule has 0 N–H and O–H groups in total. The fraction of sp³-hybridized carbons (Fsp3) is 0.294. The maximum Gasteiger partial charge on any atom is 0.119 e. The molecule has 2 heteroatoms. The molecule has 0 amide bonds. The summed E-state index contributed by atoms with van der Waals surface area (Å²) in [5.41, 5.74) is 2.55. The number of hydrogen-bond acceptors (Lipinski definition) is 2. The molecule has 0 spiro atoms. The van der Waals surface area contributed by atoms with Crippen molar-refractivity contribution < 1.29 is 4.74 Å². The summed E-state index contributed by atoms with van der Waals surface area (Å²) >= 11 is 0. The highest BCUT2D eigenvalue weighted by molar-refractivity contribution is 5.48. The zero-order chi connectivity index (χ0) is 13.5. The summed E-state index contributed by atoms with van der Waals surface area (Å²) < 4.78 is 5.75. The van der Waals surface area contributed by atoms with E-state index in [1.54, 1.807) is 0 Å². The minimum Gasteiger partial charge on any atom is -0.492 e. The zero-order valence-electron chi connectivity index (χ0n) is 11.7. The smallest absolute Gasteiger partial charge is 0.119 e. The van der Waals surface area contributed by atoms with Crippen LogP contribution in [-0.2, 0) is 0 Å². The second kappa shape index (κ2) is 6.83. The summed E-state index contributed by atoms with van der Waals surface area (Å²) in [4.78, 5) is 2.33. The first-order valence-corrected chi connectivity index (χ1v) is 6.79. The van der Waals surface area contributed by atoms with Crippen LogP contribution in [0.4, 0.5) is 5.69 Å². The molecular weight excluding hydrogens is 234 g/mol. The monoisotopic (exact) mass is 255 g/mol. The second-order valence-corrected chi connectivity index (χ2v) is 4.58. The van der Waals surface area contributed by atoms with Crippen LogP contribution in [0.15, 0.2) is 54.6 Å². The van der Waals surface area contributed by atoms with E-state index in [2.05, 4.69) is 43.0 Å². The lowest BCUT2D eigenvalue weighted by atomic mass is 10.2. The number of rotatable bonds is 6. The third kappa shape index (κ3) is 4.02. The van der Waals surface area contributed by atoms with Crippen molar-refractivity contribution in [1.29, 1.82) is 0 Å². The van der Waals surface area contributed by atoms with E-state index >= 15 is 0 Å². The standard InChI is InChI=1S/C17H21NO/c1-3-18(16-9-7-8-15(2)14-16)12-13-19-17-10-5-4-6-11-17/h4-11,14H,3,12-13H2,1-2H3. The molecule has 100 valence electrons. The van der Waals surface area contributed by atoms with E-state index in [0.717, 1.165) is 18.8 Å². The van der Waals surface area contributed by atoms with Gasteiger partial charge in [0.15, 0.2) is 0 Å². The van der Waals surface area contributed by atoms with Gasteiger partial charge in [0.25, 0.3) is 0 Å². The molecule has 2 rings (SSSR count). The highest BCUT2D eigenvalue weighted by Gasteiger charge is 2.04. The zero-order valence-corrected chi connectivity index (χ0v) is 11.7. The van der Waals surface area contributed by atoms with Crippen molar-refractivity contribution in [1.82, 2.24) is 0 Å². The van der Waals surface area contributed by atoms with Gasteiger partial charge in [0.2, 0.25) is 0 Å². The maximum absolute atomic E-state index is 5.75. The Morgan fingerprint density at radius 1 is 1.00 bits per heavy atom. The van der Waals surface area contributed by atoms with Gasteiger partial charge in [0.05, 0.1) is 6.54 Å². The summed E-state index contributed by atoms with van der Waals surface area (Å²) in [7, 11) is 0. The van der Waals surface area contributed by atoms with Crippen molar-refractivity contribution in [3.05, 3.63) is 60.2 Å². The van der Waals surface area contributed by atoms with Crippen LogP contribution in [-0.4, -0.2) is 19.7 Å². The van der Waals surface area contributed by atoms with Gasteiger partial charge in [-0.25, -0.2) is 0 Å². The van der Waals surface area contributed by atoms with Gasteiger partial charge in [-0.15, -0.1) is 0 Å². The molecule has 0 bridgehead atoms. The maximum atomic E-state index is 5.75. The minimum atomic E-state index is 0.700. The molecule has 0 saturated carbocycles. The molecule has 0 unspecified atom stereocenters. The van der Waals surface area contributed by atoms with Crippen LogP contribution >= 0.6 is 0 Å². The minimum absolute atomic E-state index is 0.700. The SMILES string of the molecule is CCN(CCOc1ccccc1)c1cccc(C)c1. The summed E-state index contributed by atoms with van der Waals surface area (Å²) in [6.45, 7) is 6.88. The molecule has 0 fully saturated rings. The first kappa shape index (κ1) is 13.5. The number of likely N-dealkylation sites (N-methyl/N-ethyl adjacent to an activating group) is 1. The van der Waals surface area contributed by atoms with E-state index < -0.39 is 0 Å². The molecule has 0 atom stereocenters. The van der Waals surface area contributed by atoms with Gasteiger partial charge in [0, 0.05) is 12.2 Å². The van der Waals surface area contributed by atoms with Crippen LogP contribution in [0.1, 0.15) is 12.5 Å². The number of hydrogen-bond donors (Lipinski definition) is 0. The largest absolute Gasteiger partial charge is 0.492 e. The fourth-order valence-electron chi connectivity index (χ4n) is 2.08. The molecule has 0 aromatic heterocycles. The first-order chi connectivity index (χ1) is 9.29. The number of para-hydroxylation sites is 1. The molecule has 0 aliphatic carbocycles.